The van der Waals surface area contributed by atoms with Crippen molar-refractivity contribution in [2.75, 3.05) is 32.7 Å². The zero-order chi connectivity index (χ0) is 12.4. The minimum atomic E-state index is 0.767. The molecule has 3 rings (SSSR count). The minimum absolute atomic E-state index is 0.767. The first kappa shape index (κ1) is 12.9. The second-order valence-corrected chi connectivity index (χ2v) is 6.55. The Morgan fingerprint density at radius 3 is 2.61 bits per heavy atom. The number of hydrogen-bond donors (Lipinski definition) is 1. The zero-order valence-electron chi connectivity index (χ0n) is 11.9. The molecule has 2 heterocycles. The molecule has 1 N–H and O–H groups in total. The zero-order valence-corrected chi connectivity index (χ0v) is 11.9. The summed E-state index contributed by atoms with van der Waals surface area (Å²) in [5.74, 6) is 0. The van der Waals surface area contributed by atoms with Gasteiger partial charge in [0.25, 0.3) is 0 Å². The lowest BCUT2D eigenvalue weighted by Gasteiger charge is -2.27. The highest BCUT2D eigenvalue weighted by Gasteiger charge is 2.31. The molecule has 0 amide bonds. The SMILES string of the molecule is CC(CCNC1CC1)N1CCC(N2CCCC2)C1. The molecule has 0 bridgehead atoms. The van der Waals surface area contributed by atoms with Gasteiger partial charge in [0.1, 0.15) is 0 Å². The highest BCUT2D eigenvalue weighted by molar-refractivity contribution is 4.88. The third kappa shape index (κ3) is 3.25. The summed E-state index contributed by atoms with van der Waals surface area (Å²) in [6.45, 7) is 9.00. The van der Waals surface area contributed by atoms with Gasteiger partial charge in [-0.15, -0.1) is 0 Å². The summed E-state index contributed by atoms with van der Waals surface area (Å²) in [6, 6.07) is 2.50. The van der Waals surface area contributed by atoms with Crippen molar-refractivity contribution in [2.45, 2.75) is 63.6 Å². The first-order chi connectivity index (χ1) is 8.83. The molecular formula is C15H29N3. The van der Waals surface area contributed by atoms with Crippen LogP contribution in [0.4, 0.5) is 0 Å². The van der Waals surface area contributed by atoms with Crippen LogP contribution in [0.5, 0.6) is 0 Å². The van der Waals surface area contributed by atoms with E-state index in [-0.39, 0.29) is 0 Å². The third-order valence-electron chi connectivity index (χ3n) is 5.05. The largest absolute Gasteiger partial charge is 0.314 e. The average molecular weight is 251 g/mol. The summed E-state index contributed by atoms with van der Waals surface area (Å²) >= 11 is 0. The predicted molar refractivity (Wildman–Crippen MR) is 75.9 cm³/mol. The van der Waals surface area contributed by atoms with Crippen LogP contribution in [0.3, 0.4) is 0 Å². The molecule has 0 aromatic carbocycles. The second-order valence-electron chi connectivity index (χ2n) is 6.55. The molecule has 0 spiro atoms. The molecule has 3 nitrogen and oxygen atoms in total. The number of nitrogens with zero attached hydrogens (tertiary/aromatic N) is 2. The number of hydrogen-bond acceptors (Lipinski definition) is 3. The quantitative estimate of drug-likeness (QED) is 0.775. The monoisotopic (exact) mass is 251 g/mol. The van der Waals surface area contributed by atoms with Gasteiger partial charge in [-0.2, -0.15) is 0 Å². The Balaban J connectivity index is 1.36. The van der Waals surface area contributed by atoms with Crippen LogP contribution in [-0.2, 0) is 0 Å². The maximum atomic E-state index is 3.64. The van der Waals surface area contributed by atoms with E-state index in [1.807, 2.05) is 0 Å². The van der Waals surface area contributed by atoms with E-state index in [2.05, 4.69) is 22.0 Å². The molecule has 0 aromatic rings. The molecule has 2 aliphatic heterocycles. The van der Waals surface area contributed by atoms with Gasteiger partial charge in [-0.3, -0.25) is 9.80 Å². The molecule has 2 saturated heterocycles. The Morgan fingerprint density at radius 1 is 1.11 bits per heavy atom. The Bertz CT molecular complexity index is 258. The normalized spacial score (nSPS) is 32.2. The summed E-state index contributed by atoms with van der Waals surface area (Å²) in [7, 11) is 0. The van der Waals surface area contributed by atoms with E-state index >= 15 is 0 Å². The highest BCUT2D eigenvalue weighted by atomic mass is 15.3. The van der Waals surface area contributed by atoms with Gasteiger partial charge in [0.2, 0.25) is 0 Å². The van der Waals surface area contributed by atoms with Crippen molar-refractivity contribution >= 4 is 0 Å². The van der Waals surface area contributed by atoms with E-state index in [4.69, 9.17) is 0 Å². The van der Waals surface area contributed by atoms with Crippen molar-refractivity contribution < 1.29 is 0 Å². The van der Waals surface area contributed by atoms with Crippen LogP contribution in [0, 0.1) is 0 Å². The molecule has 1 aliphatic carbocycles. The van der Waals surface area contributed by atoms with E-state index < -0.39 is 0 Å². The molecule has 18 heavy (non-hydrogen) atoms. The number of nitrogens with one attached hydrogen (secondary N) is 1. The van der Waals surface area contributed by atoms with Crippen LogP contribution >= 0.6 is 0 Å². The molecule has 0 radical (unpaired) electrons. The lowest BCUT2D eigenvalue weighted by molar-refractivity contribution is 0.201. The van der Waals surface area contributed by atoms with Gasteiger partial charge >= 0.3 is 0 Å². The Kier molecular flexibility index (Phi) is 4.22. The number of likely N-dealkylation sites (tertiary alicyclic amines) is 2. The average Bonchev–Trinajstić information content (AvgIpc) is 2.87. The number of rotatable bonds is 6. The van der Waals surface area contributed by atoms with Gasteiger partial charge in [0, 0.05) is 31.2 Å². The highest BCUT2D eigenvalue weighted by Crippen LogP contribution is 2.23. The van der Waals surface area contributed by atoms with Crippen molar-refractivity contribution in [3.63, 3.8) is 0 Å². The molecule has 3 heteroatoms. The first-order valence-electron chi connectivity index (χ1n) is 8.04. The van der Waals surface area contributed by atoms with Crippen LogP contribution in [0.15, 0.2) is 0 Å². The lowest BCUT2D eigenvalue weighted by atomic mass is 10.2. The van der Waals surface area contributed by atoms with E-state index in [0.29, 0.717) is 0 Å². The van der Waals surface area contributed by atoms with Gasteiger partial charge in [-0.1, -0.05) is 0 Å². The van der Waals surface area contributed by atoms with Crippen LogP contribution in [-0.4, -0.2) is 60.6 Å². The standard InChI is InChI=1S/C15H29N3/c1-13(6-8-16-14-4-5-14)18-11-7-15(12-18)17-9-2-3-10-17/h13-16H,2-12H2,1H3. The molecule has 2 unspecified atom stereocenters. The van der Waals surface area contributed by atoms with Crippen molar-refractivity contribution in [1.29, 1.82) is 0 Å². The molecule has 2 atom stereocenters. The maximum Gasteiger partial charge on any atom is 0.0235 e. The molecular weight excluding hydrogens is 222 g/mol. The molecule has 0 aromatic heterocycles. The second kappa shape index (κ2) is 5.89. The summed E-state index contributed by atoms with van der Waals surface area (Å²) in [5, 5.41) is 3.64. The van der Waals surface area contributed by atoms with E-state index in [1.165, 1.54) is 71.2 Å². The van der Waals surface area contributed by atoms with E-state index in [9.17, 15) is 0 Å². The fourth-order valence-electron chi connectivity index (χ4n) is 3.54. The Morgan fingerprint density at radius 2 is 1.89 bits per heavy atom. The fraction of sp³-hybridized carbons (Fsp3) is 1.00. The Labute approximate surface area is 112 Å². The van der Waals surface area contributed by atoms with Crippen LogP contribution in [0.25, 0.3) is 0 Å². The van der Waals surface area contributed by atoms with Gasteiger partial charge in [-0.25, -0.2) is 0 Å². The van der Waals surface area contributed by atoms with Crippen molar-refractivity contribution in [3.8, 4) is 0 Å². The minimum Gasteiger partial charge on any atom is -0.314 e. The van der Waals surface area contributed by atoms with Crippen LogP contribution in [0.2, 0.25) is 0 Å². The van der Waals surface area contributed by atoms with Crippen molar-refractivity contribution in [1.82, 2.24) is 15.1 Å². The Hall–Kier alpha value is -0.120. The van der Waals surface area contributed by atoms with Crippen molar-refractivity contribution in [3.05, 3.63) is 0 Å². The van der Waals surface area contributed by atoms with Crippen LogP contribution in [0.1, 0.15) is 45.4 Å². The van der Waals surface area contributed by atoms with Gasteiger partial charge < -0.3 is 5.32 Å². The molecule has 3 fully saturated rings. The fourth-order valence-corrected chi connectivity index (χ4v) is 3.54. The molecule has 104 valence electrons. The smallest absolute Gasteiger partial charge is 0.0235 e. The maximum absolute atomic E-state index is 3.64. The van der Waals surface area contributed by atoms with Gasteiger partial charge in [-0.05, 0) is 65.1 Å². The summed E-state index contributed by atoms with van der Waals surface area (Å²) in [6.07, 6.45) is 8.41. The van der Waals surface area contributed by atoms with E-state index in [0.717, 1.165) is 18.1 Å². The summed E-state index contributed by atoms with van der Waals surface area (Å²) in [4.78, 5) is 5.45. The van der Waals surface area contributed by atoms with Gasteiger partial charge in [0.15, 0.2) is 0 Å². The van der Waals surface area contributed by atoms with Gasteiger partial charge in [0.05, 0.1) is 0 Å². The van der Waals surface area contributed by atoms with Crippen molar-refractivity contribution in [2.24, 2.45) is 0 Å². The molecule has 3 aliphatic rings. The van der Waals surface area contributed by atoms with E-state index in [1.54, 1.807) is 0 Å². The first-order valence-corrected chi connectivity index (χ1v) is 8.04. The lowest BCUT2D eigenvalue weighted by Crippen LogP contribution is -2.39. The molecule has 1 saturated carbocycles. The summed E-state index contributed by atoms with van der Waals surface area (Å²) in [5.41, 5.74) is 0. The van der Waals surface area contributed by atoms with Crippen LogP contribution < -0.4 is 5.32 Å². The summed E-state index contributed by atoms with van der Waals surface area (Å²) < 4.78 is 0. The third-order valence-corrected chi connectivity index (χ3v) is 5.05. The topological polar surface area (TPSA) is 18.5 Å². The predicted octanol–water partition coefficient (Wildman–Crippen LogP) is 1.69.